The van der Waals surface area contributed by atoms with Crippen LogP contribution in [0.5, 0.6) is 11.6 Å². The molecule has 0 spiro atoms. The number of para-hydroxylation sites is 1. The van der Waals surface area contributed by atoms with Gasteiger partial charge in [-0.2, -0.15) is 0 Å². The van der Waals surface area contributed by atoms with Crippen LogP contribution in [0.25, 0.3) is 0 Å². The number of pyridine rings is 1. The monoisotopic (exact) mass is 389 g/mol. The Kier molecular flexibility index (Phi) is 5.95. The Hall–Kier alpha value is -3.48. The summed E-state index contributed by atoms with van der Waals surface area (Å²) in [6.07, 6.45) is 8.60. The Morgan fingerprint density at radius 3 is 2.86 bits per heavy atom. The van der Waals surface area contributed by atoms with Crippen LogP contribution in [0.3, 0.4) is 0 Å². The number of anilines is 1. The summed E-state index contributed by atoms with van der Waals surface area (Å²) in [4.78, 5) is 27.5. The van der Waals surface area contributed by atoms with Gasteiger partial charge in [0, 0.05) is 44.3 Å². The van der Waals surface area contributed by atoms with Gasteiger partial charge in [-0.05, 0) is 36.6 Å². The predicted molar refractivity (Wildman–Crippen MR) is 110 cm³/mol. The summed E-state index contributed by atoms with van der Waals surface area (Å²) in [7, 11) is 0. The van der Waals surface area contributed by atoms with E-state index in [1.54, 1.807) is 24.8 Å². The van der Waals surface area contributed by atoms with E-state index in [0.29, 0.717) is 19.0 Å². The second-order valence-electron chi connectivity index (χ2n) is 6.98. The first-order valence-corrected chi connectivity index (χ1v) is 9.74. The first kappa shape index (κ1) is 18.9. The molecule has 1 N–H and O–H groups in total. The van der Waals surface area contributed by atoms with Crippen molar-refractivity contribution < 1.29 is 9.53 Å². The molecular formula is C22H23N5O2. The number of amides is 1. The molecule has 1 atom stereocenters. The molecule has 1 unspecified atom stereocenters. The van der Waals surface area contributed by atoms with E-state index in [1.807, 2.05) is 42.5 Å². The lowest BCUT2D eigenvalue weighted by atomic mass is 9.97. The van der Waals surface area contributed by atoms with Gasteiger partial charge in [0.05, 0.1) is 12.1 Å². The molecule has 1 amide bonds. The number of aromatic nitrogens is 3. The highest BCUT2D eigenvalue weighted by molar-refractivity contribution is 5.79. The highest BCUT2D eigenvalue weighted by Gasteiger charge is 2.26. The zero-order valence-electron chi connectivity index (χ0n) is 16.1. The molecule has 1 fully saturated rings. The number of benzene rings is 1. The first-order valence-electron chi connectivity index (χ1n) is 9.74. The Morgan fingerprint density at radius 1 is 1.14 bits per heavy atom. The lowest BCUT2D eigenvalue weighted by molar-refractivity contribution is -0.125. The van der Waals surface area contributed by atoms with Crippen molar-refractivity contribution >= 4 is 11.7 Å². The minimum absolute atomic E-state index is 0.0564. The molecule has 1 saturated heterocycles. The maximum absolute atomic E-state index is 12.7. The van der Waals surface area contributed by atoms with Crippen molar-refractivity contribution in [2.24, 2.45) is 5.92 Å². The molecule has 7 heteroatoms. The molecular weight excluding hydrogens is 366 g/mol. The van der Waals surface area contributed by atoms with Crippen LogP contribution in [0.1, 0.15) is 18.4 Å². The van der Waals surface area contributed by atoms with Crippen molar-refractivity contribution in [2.75, 3.05) is 18.0 Å². The molecule has 3 aromatic rings. The molecule has 1 aliphatic rings. The fourth-order valence-corrected chi connectivity index (χ4v) is 3.41. The molecule has 0 bridgehead atoms. The number of hydrogen-bond donors (Lipinski definition) is 1. The van der Waals surface area contributed by atoms with Gasteiger partial charge in [-0.3, -0.25) is 9.78 Å². The number of carbonyl (C=O) groups excluding carboxylic acids is 1. The molecule has 1 aliphatic heterocycles. The fraction of sp³-hybridized carbons (Fsp3) is 0.273. The Bertz CT molecular complexity index is 936. The Labute approximate surface area is 169 Å². The number of carbonyl (C=O) groups is 1. The third-order valence-corrected chi connectivity index (χ3v) is 4.90. The molecule has 0 aliphatic carbocycles. The largest absolute Gasteiger partial charge is 0.439 e. The van der Waals surface area contributed by atoms with Gasteiger partial charge in [0.1, 0.15) is 11.6 Å². The number of rotatable bonds is 6. The summed E-state index contributed by atoms with van der Waals surface area (Å²) in [5.74, 6) is 2.05. The number of nitrogens with one attached hydrogen (secondary N) is 1. The summed E-state index contributed by atoms with van der Waals surface area (Å²) in [6.45, 7) is 1.99. The highest BCUT2D eigenvalue weighted by atomic mass is 16.5. The second kappa shape index (κ2) is 9.14. The molecule has 0 radical (unpaired) electrons. The first-order chi connectivity index (χ1) is 14.3. The molecule has 7 nitrogen and oxygen atoms in total. The van der Waals surface area contributed by atoms with Gasteiger partial charge in [0.2, 0.25) is 11.8 Å². The van der Waals surface area contributed by atoms with E-state index in [2.05, 4.69) is 25.2 Å². The summed E-state index contributed by atoms with van der Waals surface area (Å²) < 4.78 is 5.76. The lowest BCUT2D eigenvalue weighted by Gasteiger charge is -2.32. The van der Waals surface area contributed by atoms with Crippen molar-refractivity contribution in [1.29, 1.82) is 0 Å². The average molecular weight is 389 g/mol. The van der Waals surface area contributed by atoms with Gasteiger partial charge in [0.15, 0.2) is 0 Å². The van der Waals surface area contributed by atoms with Crippen LogP contribution in [-0.4, -0.2) is 33.9 Å². The number of ether oxygens (including phenoxy) is 1. The normalized spacial score (nSPS) is 16.3. The van der Waals surface area contributed by atoms with Crippen LogP contribution < -0.4 is 15.0 Å². The molecule has 4 rings (SSSR count). The van der Waals surface area contributed by atoms with E-state index in [4.69, 9.17) is 4.74 Å². The molecule has 0 saturated carbocycles. The summed E-state index contributed by atoms with van der Waals surface area (Å²) in [5.41, 5.74) is 0.945. The van der Waals surface area contributed by atoms with E-state index in [9.17, 15) is 4.79 Å². The maximum atomic E-state index is 12.7. The van der Waals surface area contributed by atoms with Crippen molar-refractivity contribution in [3.05, 3.63) is 72.8 Å². The summed E-state index contributed by atoms with van der Waals surface area (Å²) in [5, 5.41) is 3.05. The van der Waals surface area contributed by atoms with E-state index >= 15 is 0 Å². The van der Waals surface area contributed by atoms with Crippen LogP contribution in [0.15, 0.2) is 67.3 Å². The summed E-state index contributed by atoms with van der Waals surface area (Å²) in [6, 6.07) is 13.2. The minimum atomic E-state index is -0.0624. The zero-order valence-corrected chi connectivity index (χ0v) is 16.1. The van der Waals surface area contributed by atoms with Crippen molar-refractivity contribution in [3.63, 3.8) is 0 Å². The lowest BCUT2D eigenvalue weighted by Crippen LogP contribution is -2.43. The van der Waals surface area contributed by atoms with Gasteiger partial charge < -0.3 is 15.0 Å². The highest BCUT2D eigenvalue weighted by Crippen LogP contribution is 2.22. The van der Waals surface area contributed by atoms with Crippen LogP contribution in [0.2, 0.25) is 0 Å². The van der Waals surface area contributed by atoms with E-state index in [1.165, 1.54) is 0 Å². The van der Waals surface area contributed by atoms with Crippen molar-refractivity contribution in [2.45, 2.75) is 19.4 Å². The summed E-state index contributed by atoms with van der Waals surface area (Å²) >= 11 is 0. The molecule has 29 heavy (non-hydrogen) atoms. The number of hydrogen-bond acceptors (Lipinski definition) is 6. The van der Waals surface area contributed by atoms with E-state index in [-0.39, 0.29) is 11.8 Å². The smallest absolute Gasteiger partial charge is 0.225 e. The molecule has 148 valence electrons. The second-order valence-corrected chi connectivity index (χ2v) is 6.98. The molecule has 1 aromatic carbocycles. The van der Waals surface area contributed by atoms with Gasteiger partial charge in [-0.25, -0.2) is 9.97 Å². The fourth-order valence-electron chi connectivity index (χ4n) is 3.41. The van der Waals surface area contributed by atoms with E-state index < -0.39 is 0 Å². The van der Waals surface area contributed by atoms with E-state index in [0.717, 1.165) is 36.5 Å². The molecule has 3 heterocycles. The van der Waals surface area contributed by atoms with Gasteiger partial charge >= 0.3 is 0 Å². The van der Waals surface area contributed by atoms with Crippen molar-refractivity contribution in [1.82, 2.24) is 20.3 Å². The Balaban J connectivity index is 1.33. The van der Waals surface area contributed by atoms with Crippen molar-refractivity contribution in [3.8, 4) is 11.6 Å². The third kappa shape index (κ3) is 5.07. The number of nitrogens with zero attached hydrogens (tertiary/aromatic N) is 4. The maximum Gasteiger partial charge on any atom is 0.225 e. The number of piperidine rings is 1. The van der Waals surface area contributed by atoms with Crippen LogP contribution in [-0.2, 0) is 11.3 Å². The standard InChI is InChI=1S/C22H23N5O2/c28-22(18-5-4-12-27(16-18)20-15-23-10-11-24-20)26-14-17-8-9-25-21(13-17)29-19-6-2-1-3-7-19/h1-3,6-11,13,15,18H,4-5,12,14,16H2,(H,26,28). The van der Waals surface area contributed by atoms with Crippen LogP contribution in [0.4, 0.5) is 5.82 Å². The quantitative estimate of drug-likeness (QED) is 0.697. The molecule has 2 aromatic heterocycles. The van der Waals surface area contributed by atoms with Gasteiger partial charge in [-0.1, -0.05) is 18.2 Å². The topological polar surface area (TPSA) is 80.2 Å². The predicted octanol–water partition coefficient (Wildman–Crippen LogP) is 3.20. The Morgan fingerprint density at radius 2 is 2.03 bits per heavy atom. The van der Waals surface area contributed by atoms with Gasteiger partial charge in [0.25, 0.3) is 0 Å². The SMILES string of the molecule is O=C(NCc1ccnc(Oc2ccccc2)c1)C1CCCN(c2cnccn2)C1. The van der Waals surface area contributed by atoms with Gasteiger partial charge in [-0.15, -0.1) is 0 Å². The minimum Gasteiger partial charge on any atom is -0.439 e. The average Bonchev–Trinajstić information content (AvgIpc) is 2.79. The van der Waals surface area contributed by atoms with Crippen LogP contribution in [0, 0.1) is 5.92 Å². The zero-order chi connectivity index (χ0) is 19.9. The third-order valence-electron chi connectivity index (χ3n) is 4.90. The van der Waals surface area contributed by atoms with Crippen LogP contribution >= 0.6 is 0 Å².